The summed E-state index contributed by atoms with van der Waals surface area (Å²) in [4.78, 5) is 22.9. The van der Waals surface area contributed by atoms with Crippen molar-refractivity contribution < 1.29 is 19.4 Å². The smallest absolute Gasteiger partial charge is 0.326 e. The predicted octanol–water partition coefficient (Wildman–Crippen LogP) is 1.79. The summed E-state index contributed by atoms with van der Waals surface area (Å²) >= 11 is 0. The summed E-state index contributed by atoms with van der Waals surface area (Å²) in [6.45, 7) is 2.24. The van der Waals surface area contributed by atoms with E-state index in [1.165, 1.54) is 7.11 Å². The molecule has 0 aliphatic rings. The van der Waals surface area contributed by atoms with Crippen LogP contribution in [-0.4, -0.2) is 36.7 Å². The molecule has 1 amide bonds. The van der Waals surface area contributed by atoms with Gasteiger partial charge >= 0.3 is 5.97 Å². The van der Waals surface area contributed by atoms with Gasteiger partial charge in [0.15, 0.2) is 0 Å². The summed E-state index contributed by atoms with van der Waals surface area (Å²) < 4.78 is 4.84. The van der Waals surface area contributed by atoms with Crippen LogP contribution in [-0.2, 0) is 14.3 Å². The number of ether oxygens (including phenoxy) is 1. The molecule has 5 heteroatoms. The van der Waals surface area contributed by atoms with E-state index in [9.17, 15) is 9.59 Å². The Morgan fingerprint density at radius 1 is 1.30 bits per heavy atom. The fraction of sp³-hybridized carbons (Fsp3) is 0.467. The van der Waals surface area contributed by atoms with E-state index >= 15 is 0 Å². The van der Waals surface area contributed by atoms with E-state index in [0.717, 1.165) is 5.56 Å². The number of aliphatic carboxylic acids is 1. The van der Waals surface area contributed by atoms with Gasteiger partial charge in [-0.15, -0.1) is 0 Å². The van der Waals surface area contributed by atoms with E-state index < -0.39 is 12.0 Å². The third-order valence-electron chi connectivity index (χ3n) is 3.10. The number of nitrogens with one attached hydrogen (secondary N) is 1. The Morgan fingerprint density at radius 2 is 1.95 bits per heavy atom. The lowest BCUT2D eigenvalue weighted by atomic mass is 9.97. The van der Waals surface area contributed by atoms with E-state index in [1.54, 1.807) is 0 Å². The van der Waals surface area contributed by atoms with Crippen LogP contribution in [0, 0.1) is 0 Å². The Hall–Kier alpha value is -1.88. The van der Waals surface area contributed by atoms with Crippen LogP contribution in [0.1, 0.15) is 31.2 Å². The zero-order valence-corrected chi connectivity index (χ0v) is 11.8. The maximum Gasteiger partial charge on any atom is 0.326 e. The SMILES string of the molecule is COCCC(NC(=O)CC(C)c1ccccc1)C(=O)O. The third kappa shape index (κ3) is 5.40. The van der Waals surface area contributed by atoms with Gasteiger partial charge in [0, 0.05) is 26.6 Å². The molecule has 0 saturated heterocycles. The zero-order valence-electron chi connectivity index (χ0n) is 11.8. The lowest BCUT2D eigenvalue weighted by molar-refractivity contribution is -0.142. The number of carboxylic acid groups (broad SMARTS) is 1. The van der Waals surface area contributed by atoms with Crippen molar-refractivity contribution in [1.82, 2.24) is 5.32 Å². The molecule has 2 atom stereocenters. The van der Waals surface area contributed by atoms with Crippen LogP contribution in [0.15, 0.2) is 30.3 Å². The van der Waals surface area contributed by atoms with Gasteiger partial charge in [0.25, 0.3) is 0 Å². The highest BCUT2D eigenvalue weighted by molar-refractivity contribution is 5.83. The van der Waals surface area contributed by atoms with Crippen molar-refractivity contribution in [3.63, 3.8) is 0 Å². The number of carboxylic acids is 1. The zero-order chi connectivity index (χ0) is 15.0. The van der Waals surface area contributed by atoms with Gasteiger partial charge in [-0.1, -0.05) is 37.3 Å². The van der Waals surface area contributed by atoms with Crippen LogP contribution in [0.25, 0.3) is 0 Å². The second kappa shape index (κ2) is 8.32. The first-order chi connectivity index (χ1) is 9.54. The molecule has 0 spiro atoms. The first-order valence-corrected chi connectivity index (χ1v) is 6.60. The average molecular weight is 279 g/mol. The highest BCUT2D eigenvalue weighted by Gasteiger charge is 2.20. The van der Waals surface area contributed by atoms with E-state index in [2.05, 4.69) is 5.32 Å². The molecule has 0 saturated carbocycles. The Morgan fingerprint density at radius 3 is 2.50 bits per heavy atom. The first kappa shape index (κ1) is 16.2. The van der Waals surface area contributed by atoms with Gasteiger partial charge in [0.1, 0.15) is 6.04 Å². The summed E-state index contributed by atoms with van der Waals surface area (Å²) in [5.41, 5.74) is 1.06. The highest BCUT2D eigenvalue weighted by atomic mass is 16.5. The van der Waals surface area contributed by atoms with Gasteiger partial charge in [-0.25, -0.2) is 4.79 Å². The van der Waals surface area contributed by atoms with Crippen molar-refractivity contribution in [3.05, 3.63) is 35.9 Å². The largest absolute Gasteiger partial charge is 0.480 e. The lowest BCUT2D eigenvalue weighted by Gasteiger charge is -2.16. The van der Waals surface area contributed by atoms with Gasteiger partial charge in [0.2, 0.25) is 5.91 Å². The van der Waals surface area contributed by atoms with Crippen LogP contribution in [0.3, 0.4) is 0 Å². The average Bonchev–Trinajstić information content (AvgIpc) is 2.44. The molecule has 1 rings (SSSR count). The van der Waals surface area contributed by atoms with Crippen molar-refractivity contribution in [1.29, 1.82) is 0 Å². The molecular weight excluding hydrogens is 258 g/mol. The number of amides is 1. The molecular formula is C15H21NO4. The maximum absolute atomic E-state index is 11.9. The lowest BCUT2D eigenvalue weighted by Crippen LogP contribution is -2.41. The normalized spacial score (nSPS) is 13.5. The van der Waals surface area contributed by atoms with E-state index in [1.807, 2.05) is 37.3 Å². The van der Waals surface area contributed by atoms with Gasteiger partial charge in [0.05, 0.1) is 0 Å². The van der Waals surface area contributed by atoms with Crippen LogP contribution in [0.2, 0.25) is 0 Å². The Bertz CT molecular complexity index is 433. The number of benzene rings is 1. The molecule has 0 fully saturated rings. The minimum Gasteiger partial charge on any atom is -0.480 e. The van der Waals surface area contributed by atoms with E-state index in [4.69, 9.17) is 9.84 Å². The predicted molar refractivity (Wildman–Crippen MR) is 75.5 cm³/mol. The maximum atomic E-state index is 11.9. The molecule has 110 valence electrons. The van der Waals surface area contributed by atoms with E-state index in [-0.39, 0.29) is 24.7 Å². The summed E-state index contributed by atoms with van der Waals surface area (Å²) in [6.07, 6.45) is 0.526. The quantitative estimate of drug-likeness (QED) is 0.760. The van der Waals surface area contributed by atoms with Crippen LogP contribution >= 0.6 is 0 Å². The molecule has 0 aliphatic carbocycles. The molecule has 0 aliphatic heterocycles. The first-order valence-electron chi connectivity index (χ1n) is 6.60. The number of hydrogen-bond acceptors (Lipinski definition) is 3. The van der Waals surface area contributed by atoms with Gasteiger partial charge in [-0.3, -0.25) is 4.79 Å². The topological polar surface area (TPSA) is 75.6 Å². The number of hydrogen-bond donors (Lipinski definition) is 2. The Labute approximate surface area is 118 Å². The minimum absolute atomic E-state index is 0.0491. The molecule has 0 aromatic heterocycles. The fourth-order valence-electron chi connectivity index (χ4n) is 1.92. The fourth-order valence-corrected chi connectivity index (χ4v) is 1.92. The molecule has 1 aromatic carbocycles. The second-order valence-electron chi connectivity index (χ2n) is 4.76. The van der Waals surface area contributed by atoms with Crippen LogP contribution < -0.4 is 5.32 Å². The highest BCUT2D eigenvalue weighted by Crippen LogP contribution is 2.18. The number of carbonyl (C=O) groups is 2. The van der Waals surface area contributed by atoms with Crippen molar-refractivity contribution in [3.8, 4) is 0 Å². The van der Waals surface area contributed by atoms with Crippen molar-refractivity contribution >= 4 is 11.9 Å². The monoisotopic (exact) mass is 279 g/mol. The molecule has 5 nitrogen and oxygen atoms in total. The van der Waals surface area contributed by atoms with Gasteiger partial charge < -0.3 is 15.2 Å². The Kier molecular flexibility index (Phi) is 6.73. The molecule has 2 N–H and O–H groups in total. The van der Waals surface area contributed by atoms with Crippen molar-refractivity contribution in [2.45, 2.75) is 31.7 Å². The minimum atomic E-state index is -1.04. The molecule has 20 heavy (non-hydrogen) atoms. The molecule has 1 aromatic rings. The summed E-state index contributed by atoms with van der Waals surface area (Å²) in [6, 6.07) is 8.77. The number of carbonyl (C=O) groups excluding carboxylic acids is 1. The number of methoxy groups -OCH3 is 1. The second-order valence-corrected chi connectivity index (χ2v) is 4.76. The van der Waals surface area contributed by atoms with Crippen LogP contribution in [0.4, 0.5) is 0 Å². The van der Waals surface area contributed by atoms with Crippen molar-refractivity contribution in [2.24, 2.45) is 0 Å². The third-order valence-corrected chi connectivity index (χ3v) is 3.10. The molecule has 2 unspecified atom stereocenters. The molecule has 0 radical (unpaired) electrons. The summed E-state index contributed by atoms with van der Waals surface area (Å²) in [5.74, 6) is -1.25. The van der Waals surface area contributed by atoms with Crippen LogP contribution in [0.5, 0.6) is 0 Å². The van der Waals surface area contributed by atoms with Gasteiger partial charge in [-0.05, 0) is 11.5 Å². The Balaban J connectivity index is 2.51. The van der Waals surface area contributed by atoms with Gasteiger partial charge in [-0.2, -0.15) is 0 Å². The molecule has 0 bridgehead atoms. The summed E-state index contributed by atoms with van der Waals surface area (Å²) in [5, 5.41) is 11.6. The number of rotatable bonds is 8. The summed E-state index contributed by atoms with van der Waals surface area (Å²) in [7, 11) is 1.50. The molecule has 0 heterocycles. The van der Waals surface area contributed by atoms with E-state index in [0.29, 0.717) is 6.61 Å². The standard InChI is InChI=1S/C15H21NO4/c1-11(12-6-4-3-5-7-12)10-14(17)16-13(15(18)19)8-9-20-2/h3-7,11,13H,8-10H2,1-2H3,(H,16,17)(H,18,19). The van der Waals surface area contributed by atoms with Crippen molar-refractivity contribution in [2.75, 3.05) is 13.7 Å².